The van der Waals surface area contributed by atoms with E-state index < -0.39 is 0 Å². The lowest BCUT2D eigenvalue weighted by Crippen LogP contribution is -2.45. The van der Waals surface area contributed by atoms with Crippen LogP contribution >= 0.6 is 0 Å². The van der Waals surface area contributed by atoms with Gasteiger partial charge in [0.25, 0.3) is 11.8 Å². The number of nitrogens with one attached hydrogen (secondary N) is 2. The maximum Gasteiger partial charge on any atom is 0.253 e. The van der Waals surface area contributed by atoms with Gasteiger partial charge in [-0.2, -0.15) is 0 Å². The number of carbonyl (C=O) groups excluding carboxylic acids is 2. The highest BCUT2D eigenvalue weighted by Gasteiger charge is 2.24. The Labute approximate surface area is 179 Å². The van der Waals surface area contributed by atoms with Crippen molar-refractivity contribution in [1.29, 1.82) is 0 Å². The average Bonchev–Trinajstić information content (AvgIpc) is 2.74. The van der Waals surface area contributed by atoms with Gasteiger partial charge < -0.3 is 20.4 Å². The highest BCUT2D eigenvalue weighted by atomic mass is 16.2. The van der Waals surface area contributed by atoms with Gasteiger partial charge in [-0.15, -0.1) is 0 Å². The lowest BCUT2D eigenvalue weighted by Gasteiger charge is -2.35. The summed E-state index contributed by atoms with van der Waals surface area (Å²) < 4.78 is 0. The Morgan fingerprint density at radius 3 is 2.33 bits per heavy atom. The minimum Gasteiger partial charge on any atom is -0.371 e. The standard InChI is InChI=1S/C24H32N4O2/c1-18-8-10-19(11-9-18)23(29)26-20-12-15-28(16-13-20)22-7-5-4-6-21(22)24(30)25-14-17-27(2)3/h4-11,20H,12-17H2,1-3H3,(H,25,30)(H,26,29). The van der Waals surface area contributed by atoms with Gasteiger partial charge in [0.15, 0.2) is 0 Å². The molecule has 0 radical (unpaired) electrons. The topological polar surface area (TPSA) is 64.7 Å². The first-order chi connectivity index (χ1) is 14.4. The van der Waals surface area contributed by atoms with Crippen molar-refractivity contribution in [3.63, 3.8) is 0 Å². The van der Waals surface area contributed by atoms with Crippen LogP contribution in [0.5, 0.6) is 0 Å². The summed E-state index contributed by atoms with van der Waals surface area (Å²) in [4.78, 5) is 29.4. The van der Waals surface area contributed by atoms with Crippen LogP contribution in [0, 0.1) is 6.92 Å². The number of likely N-dealkylation sites (N-methyl/N-ethyl adjacent to an activating group) is 1. The molecule has 2 amide bonds. The molecule has 1 fully saturated rings. The number of hydrogen-bond acceptors (Lipinski definition) is 4. The van der Waals surface area contributed by atoms with E-state index in [1.54, 1.807) is 0 Å². The summed E-state index contributed by atoms with van der Waals surface area (Å²) in [5, 5.41) is 6.16. The lowest BCUT2D eigenvalue weighted by atomic mass is 10.0. The van der Waals surface area contributed by atoms with Crippen molar-refractivity contribution < 1.29 is 9.59 Å². The van der Waals surface area contributed by atoms with E-state index in [9.17, 15) is 9.59 Å². The molecule has 3 rings (SSSR count). The molecule has 0 aliphatic carbocycles. The van der Waals surface area contributed by atoms with Crippen LogP contribution < -0.4 is 15.5 Å². The largest absolute Gasteiger partial charge is 0.371 e. The van der Waals surface area contributed by atoms with Crippen molar-refractivity contribution in [1.82, 2.24) is 15.5 Å². The molecule has 1 aliphatic heterocycles. The van der Waals surface area contributed by atoms with Crippen LogP contribution in [0.2, 0.25) is 0 Å². The van der Waals surface area contributed by atoms with Crippen LogP contribution in [0.25, 0.3) is 0 Å². The normalized spacial score (nSPS) is 14.6. The quantitative estimate of drug-likeness (QED) is 0.739. The molecule has 30 heavy (non-hydrogen) atoms. The Balaban J connectivity index is 1.56. The number of para-hydroxylation sites is 1. The fourth-order valence-corrected chi connectivity index (χ4v) is 3.67. The molecule has 2 aromatic carbocycles. The maximum absolute atomic E-state index is 12.7. The van der Waals surface area contributed by atoms with Crippen molar-refractivity contribution in [3.8, 4) is 0 Å². The third-order valence-electron chi connectivity index (χ3n) is 5.48. The molecule has 1 saturated heterocycles. The van der Waals surface area contributed by atoms with Crippen molar-refractivity contribution in [2.75, 3.05) is 45.2 Å². The molecule has 0 bridgehead atoms. The predicted molar refractivity (Wildman–Crippen MR) is 121 cm³/mol. The first kappa shape index (κ1) is 21.8. The van der Waals surface area contributed by atoms with E-state index in [1.165, 1.54) is 0 Å². The molecule has 2 N–H and O–H groups in total. The number of nitrogens with zero attached hydrogens (tertiary/aromatic N) is 2. The van der Waals surface area contributed by atoms with Gasteiger partial charge in [0.1, 0.15) is 0 Å². The van der Waals surface area contributed by atoms with Gasteiger partial charge in [-0.3, -0.25) is 9.59 Å². The van der Waals surface area contributed by atoms with Gasteiger partial charge >= 0.3 is 0 Å². The molecule has 0 unspecified atom stereocenters. The molecule has 160 valence electrons. The summed E-state index contributed by atoms with van der Waals surface area (Å²) in [5.74, 6) is -0.0589. The zero-order valence-corrected chi connectivity index (χ0v) is 18.1. The summed E-state index contributed by atoms with van der Waals surface area (Å²) >= 11 is 0. The van der Waals surface area contributed by atoms with Gasteiger partial charge in [-0.1, -0.05) is 29.8 Å². The van der Waals surface area contributed by atoms with Gasteiger partial charge in [0, 0.05) is 43.5 Å². The molecular weight excluding hydrogens is 376 g/mol. The van der Waals surface area contributed by atoms with E-state index in [0.29, 0.717) is 17.7 Å². The van der Waals surface area contributed by atoms with E-state index in [1.807, 2.05) is 74.4 Å². The van der Waals surface area contributed by atoms with E-state index >= 15 is 0 Å². The SMILES string of the molecule is Cc1ccc(C(=O)NC2CCN(c3ccccc3C(=O)NCCN(C)C)CC2)cc1. The first-order valence-corrected chi connectivity index (χ1v) is 10.6. The Morgan fingerprint density at radius 2 is 1.67 bits per heavy atom. The molecule has 1 aliphatic rings. The highest BCUT2D eigenvalue weighted by molar-refractivity contribution is 5.99. The zero-order chi connectivity index (χ0) is 21.5. The van der Waals surface area contributed by atoms with Gasteiger partial charge in [0.2, 0.25) is 0 Å². The number of piperidine rings is 1. The summed E-state index contributed by atoms with van der Waals surface area (Å²) in [5.41, 5.74) is 3.51. The molecule has 6 heteroatoms. The van der Waals surface area contributed by atoms with Crippen molar-refractivity contribution in [2.24, 2.45) is 0 Å². The highest BCUT2D eigenvalue weighted by Crippen LogP contribution is 2.24. The monoisotopic (exact) mass is 408 g/mol. The van der Waals surface area contributed by atoms with Crippen LogP contribution in [-0.2, 0) is 0 Å². The molecule has 0 atom stereocenters. The van der Waals surface area contributed by atoms with Crippen LogP contribution in [0.1, 0.15) is 39.1 Å². The van der Waals surface area contributed by atoms with Crippen molar-refractivity contribution >= 4 is 17.5 Å². The van der Waals surface area contributed by atoms with Crippen molar-refractivity contribution in [3.05, 3.63) is 65.2 Å². The second-order valence-corrected chi connectivity index (χ2v) is 8.18. The van der Waals surface area contributed by atoms with Crippen LogP contribution in [0.15, 0.2) is 48.5 Å². The molecular formula is C24H32N4O2. The summed E-state index contributed by atoms with van der Waals surface area (Å²) in [6, 6.07) is 15.6. The van der Waals surface area contributed by atoms with Gasteiger partial charge in [-0.05, 0) is 58.1 Å². The van der Waals surface area contributed by atoms with Gasteiger partial charge in [-0.25, -0.2) is 0 Å². The maximum atomic E-state index is 12.7. The number of hydrogen-bond donors (Lipinski definition) is 2. The average molecular weight is 409 g/mol. The number of amides is 2. The van der Waals surface area contributed by atoms with Crippen LogP contribution in [0.3, 0.4) is 0 Å². The first-order valence-electron chi connectivity index (χ1n) is 10.6. The fourth-order valence-electron chi connectivity index (χ4n) is 3.67. The lowest BCUT2D eigenvalue weighted by molar-refractivity contribution is 0.0929. The predicted octanol–water partition coefficient (Wildman–Crippen LogP) is 2.69. The minimum atomic E-state index is -0.0396. The minimum absolute atomic E-state index is 0.0193. The number of anilines is 1. The summed E-state index contributed by atoms with van der Waals surface area (Å²) in [6.07, 6.45) is 1.71. The Hall–Kier alpha value is -2.86. The molecule has 0 saturated carbocycles. The fraction of sp³-hybridized carbons (Fsp3) is 0.417. The zero-order valence-electron chi connectivity index (χ0n) is 18.1. The Bertz CT molecular complexity index is 856. The number of carbonyl (C=O) groups is 2. The van der Waals surface area contributed by atoms with Crippen molar-refractivity contribution in [2.45, 2.75) is 25.8 Å². The van der Waals surface area contributed by atoms with Crippen LogP contribution in [0.4, 0.5) is 5.69 Å². The Morgan fingerprint density at radius 1 is 1.00 bits per heavy atom. The number of rotatable bonds is 7. The number of benzene rings is 2. The molecule has 2 aromatic rings. The van der Waals surface area contributed by atoms with E-state index in [4.69, 9.17) is 0 Å². The molecule has 0 aromatic heterocycles. The molecule has 6 nitrogen and oxygen atoms in total. The summed E-state index contributed by atoms with van der Waals surface area (Å²) in [6.45, 7) is 5.05. The smallest absolute Gasteiger partial charge is 0.253 e. The molecule has 1 heterocycles. The van der Waals surface area contributed by atoms with E-state index in [2.05, 4.69) is 15.5 Å². The van der Waals surface area contributed by atoms with E-state index in [-0.39, 0.29) is 17.9 Å². The van der Waals surface area contributed by atoms with Gasteiger partial charge in [0.05, 0.1) is 5.56 Å². The number of aryl methyl sites for hydroxylation is 1. The van der Waals surface area contributed by atoms with Crippen LogP contribution in [-0.4, -0.2) is 63.0 Å². The van der Waals surface area contributed by atoms with E-state index in [0.717, 1.165) is 43.7 Å². The third kappa shape index (κ3) is 5.83. The summed E-state index contributed by atoms with van der Waals surface area (Å²) in [7, 11) is 3.98. The Kier molecular flexibility index (Phi) is 7.46. The second kappa shape index (κ2) is 10.3. The molecule has 0 spiro atoms. The third-order valence-corrected chi connectivity index (χ3v) is 5.48. The second-order valence-electron chi connectivity index (χ2n) is 8.18.